The van der Waals surface area contributed by atoms with Crippen molar-refractivity contribution in [3.05, 3.63) is 18.2 Å². The van der Waals surface area contributed by atoms with Crippen molar-refractivity contribution in [3.63, 3.8) is 0 Å². The van der Waals surface area contributed by atoms with Crippen LogP contribution < -0.4 is 16.2 Å². The van der Waals surface area contributed by atoms with Crippen molar-refractivity contribution in [2.45, 2.75) is 43.9 Å². The molecule has 0 aromatic heterocycles. The van der Waals surface area contributed by atoms with Crippen molar-refractivity contribution in [2.24, 2.45) is 17.0 Å². The summed E-state index contributed by atoms with van der Waals surface area (Å²) in [6, 6.07) is 4.67. The first-order valence-corrected chi connectivity index (χ1v) is 9.10. The van der Waals surface area contributed by atoms with E-state index in [2.05, 4.69) is 12.2 Å². The van der Waals surface area contributed by atoms with E-state index in [-0.39, 0.29) is 4.90 Å². The van der Waals surface area contributed by atoms with Crippen molar-refractivity contribution >= 4 is 21.4 Å². The Bertz CT molecular complexity index is 579. The molecule has 0 saturated heterocycles. The van der Waals surface area contributed by atoms with Gasteiger partial charge in [0.05, 0.1) is 4.90 Å². The number of sulfonamides is 1. The number of primary sulfonamides is 1. The highest BCUT2D eigenvalue weighted by molar-refractivity contribution is 7.89. The van der Waals surface area contributed by atoms with Gasteiger partial charge in [0.2, 0.25) is 10.0 Å². The molecule has 0 bridgehead atoms. The minimum atomic E-state index is -3.72. The van der Waals surface area contributed by atoms with Gasteiger partial charge in [-0.3, -0.25) is 0 Å². The summed E-state index contributed by atoms with van der Waals surface area (Å²) in [7, 11) is -3.72. The second-order valence-corrected chi connectivity index (χ2v) is 7.57. The largest absolute Gasteiger partial charge is 0.399 e. The van der Waals surface area contributed by atoms with Crippen LogP contribution in [0.5, 0.6) is 0 Å². The van der Waals surface area contributed by atoms with E-state index in [1.54, 1.807) is 12.1 Å². The van der Waals surface area contributed by atoms with E-state index in [1.807, 2.05) is 0 Å². The maximum Gasteiger partial charge on any atom is 0.238 e. The lowest BCUT2D eigenvalue weighted by atomic mass is 9.81. The highest BCUT2D eigenvalue weighted by atomic mass is 32.2. The van der Waals surface area contributed by atoms with Crippen LogP contribution in [0.15, 0.2) is 23.1 Å². The Morgan fingerprint density at radius 2 is 1.76 bits per heavy atom. The number of anilines is 2. The van der Waals surface area contributed by atoms with Crippen LogP contribution in [-0.2, 0) is 10.0 Å². The Morgan fingerprint density at radius 3 is 2.33 bits per heavy atom. The number of nitrogens with two attached hydrogens (primary N) is 2. The fraction of sp³-hybridized carbons (Fsp3) is 0.600. The number of nitrogen functional groups attached to an aromatic ring is 1. The molecule has 0 aliphatic heterocycles. The first-order valence-electron chi connectivity index (χ1n) is 7.55. The molecule has 2 rings (SSSR count). The van der Waals surface area contributed by atoms with E-state index < -0.39 is 10.0 Å². The summed E-state index contributed by atoms with van der Waals surface area (Å²) in [5, 5.41) is 8.45. The lowest BCUT2D eigenvalue weighted by Gasteiger charge is -2.28. The van der Waals surface area contributed by atoms with Crippen LogP contribution in [0.3, 0.4) is 0 Å². The van der Waals surface area contributed by atoms with Gasteiger partial charge < -0.3 is 11.1 Å². The molecule has 118 valence electrons. The Morgan fingerprint density at radius 1 is 1.14 bits per heavy atom. The van der Waals surface area contributed by atoms with Crippen LogP contribution >= 0.6 is 0 Å². The lowest BCUT2D eigenvalue weighted by Crippen LogP contribution is -2.21. The third-order valence-electron chi connectivity index (χ3n) is 4.40. The van der Waals surface area contributed by atoms with Crippen molar-refractivity contribution in [1.29, 1.82) is 0 Å². The molecule has 0 amide bonds. The minimum Gasteiger partial charge on any atom is -0.399 e. The van der Waals surface area contributed by atoms with E-state index in [0.29, 0.717) is 11.6 Å². The number of hydrogen-bond acceptors (Lipinski definition) is 4. The zero-order valence-electron chi connectivity index (χ0n) is 12.5. The summed E-state index contributed by atoms with van der Waals surface area (Å²) >= 11 is 0. The molecule has 21 heavy (non-hydrogen) atoms. The van der Waals surface area contributed by atoms with Gasteiger partial charge in [-0.25, -0.2) is 13.6 Å². The summed E-state index contributed by atoms with van der Waals surface area (Å²) in [5.74, 6) is 1.52. The fourth-order valence-electron chi connectivity index (χ4n) is 2.99. The lowest BCUT2D eigenvalue weighted by molar-refractivity contribution is 0.278. The summed E-state index contributed by atoms with van der Waals surface area (Å²) < 4.78 is 22.8. The van der Waals surface area contributed by atoms with E-state index in [9.17, 15) is 8.42 Å². The number of hydrogen-bond donors (Lipinski definition) is 3. The first-order chi connectivity index (χ1) is 9.88. The Balaban J connectivity index is 1.96. The maximum atomic E-state index is 11.4. The van der Waals surface area contributed by atoms with Crippen molar-refractivity contribution in [3.8, 4) is 0 Å². The molecule has 5 N–H and O–H groups in total. The van der Waals surface area contributed by atoms with Crippen LogP contribution in [0.1, 0.15) is 39.0 Å². The average Bonchev–Trinajstić information content (AvgIpc) is 2.44. The summed E-state index contributed by atoms with van der Waals surface area (Å²) in [6.07, 6.45) is 6.32. The predicted octanol–water partition coefficient (Wildman–Crippen LogP) is 2.54. The molecule has 0 heterocycles. The molecule has 1 fully saturated rings. The molecule has 1 aromatic rings. The molecule has 5 nitrogen and oxygen atoms in total. The molecule has 6 heteroatoms. The molecule has 0 atom stereocenters. The molecule has 0 radical (unpaired) electrons. The number of rotatable bonds is 5. The van der Waals surface area contributed by atoms with Crippen molar-refractivity contribution < 1.29 is 8.42 Å². The van der Waals surface area contributed by atoms with Crippen molar-refractivity contribution in [2.75, 3.05) is 17.6 Å². The molecular weight excluding hydrogens is 286 g/mol. The van der Waals surface area contributed by atoms with Gasteiger partial charge in [-0.15, -0.1) is 0 Å². The van der Waals surface area contributed by atoms with Crippen LogP contribution in [0.2, 0.25) is 0 Å². The topological polar surface area (TPSA) is 98.2 Å². The first kappa shape index (κ1) is 16.1. The van der Waals surface area contributed by atoms with Gasteiger partial charge >= 0.3 is 0 Å². The Kier molecular flexibility index (Phi) is 5.11. The van der Waals surface area contributed by atoms with Gasteiger partial charge in [0.15, 0.2) is 0 Å². The minimum absolute atomic E-state index is 0.0553. The Hall–Kier alpha value is -1.27. The van der Waals surface area contributed by atoms with Crippen molar-refractivity contribution in [1.82, 2.24) is 0 Å². The second kappa shape index (κ2) is 6.66. The SMILES string of the molecule is CCC1CCC(CNc2cc(N)cc(S(N)(=O)=O)c2)CC1. The third-order valence-corrected chi connectivity index (χ3v) is 5.29. The normalized spacial score (nSPS) is 23.0. The molecule has 1 aromatic carbocycles. The molecule has 1 aliphatic rings. The van der Waals surface area contributed by atoms with Crippen LogP contribution in [0.4, 0.5) is 11.4 Å². The Labute approximate surface area is 127 Å². The van der Waals surface area contributed by atoms with Gasteiger partial charge in [0.25, 0.3) is 0 Å². The van der Waals surface area contributed by atoms with Gasteiger partial charge in [0.1, 0.15) is 0 Å². The monoisotopic (exact) mass is 311 g/mol. The standard InChI is InChI=1S/C15H25N3O2S/c1-2-11-3-5-12(6-4-11)10-18-14-7-13(16)8-15(9-14)21(17,19)20/h7-9,11-12,18H,2-6,10,16H2,1H3,(H2,17,19,20). The molecule has 1 saturated carbocycles. The predicted molar refractivity (Wildman–Crippen MR) is 86.5 cm³/mol. The zero-order valence-corrected chi connectivity index (χ0v) is 13.3. The molecule has 1 aliphatic carbocycles. The van der Waals surface area contributed by atoms with Crippen LogP contribution in [0.25, 0.3) is 0 Å². The van der Waals surface area contributed by atoms with Crippen LogP contribution in [0, 0.1) is 11.8 Å². The van der Waals surface area contributed by atoms with Gasteiger partial charge in [-0.1, -0.05) is 26.2 Å². The molecule has 0 spiro atoms. The fourth-order valence-corrected chi connectivity index (χ4v) is 3.59. The summed E-state index contributed by atoms with van der Waals surface area (Å²) in [4.78, 5) is 0.0553. The van der Waals surface area contributed by atoms with E-state index >= 15 is 0 Å². The molecular formula is C15H25N3O2S. The second-order valence-electron chi connectivity index (χ2n) is 6.01. The smallest absolute Gasteiger partial charge is 0.238 e. The summed E-state index contributed by atoms with van der Waals surface area (Å²) in [5.41, 5.74) is 6.86. The van der Waals surface area contributed by atoms with Gasteiger partial charge in [0, 0.05) is 17.9 Å². The maximum absolute atomic E-state index is 11.4. The highest BCUT2D eigenvalue weighted by Crippen LogP contribution is 2.31. The quantitative estimate of drug-likeness (QED) is 0.728. The molecule has 0 unspecified atom stereocenters. The zero-order chi connectivity index (χ0) is 15.5. The van der Waals surface area contributed by atoms with Crippen LogP contribution in [-0.4, -0.2) is 15.0 Å². The third kappa shape index (κ3) is 4.61. The van der Waals surface area contributed by atoms with E-state index in [4.69, 9.17) is 10.9 Å². The average molecular weight is 311 g/mol. The van der Waals surface area contributed by atoms with E-state index in [0.717, 1.165) is 18.2 Å². The highest BCUT2D eigenvalue weighted by Gasteiger charge is 2.19. The van der Waals surface area contributed by atoms with Gasteiger partial charge in [-0.05, 0) is 42.9 Å². The van der Waals surface area contributed by atoms with Gasteiger partial charge in [-0.2, -0.15) is 0 Å². The number of benzene rings is 1. The number of nitrogens with one attached hydrogen (secondary N) is 1. The summed E-state index contributed by atoms with van der Waals surface area (Å²) in [6.45, 7) is 3.11. The van der Waals surface area contributed by atoms with E-state index in [1.165, 1.54) is 38.2 Å².